The second-order valence-corrected chi connectivity index (χ2v) is 5.26. The molecule has 1 aromatic heterocycles. The largest absolute Gasteiger partial charge is 0.469 e. The molecule has 0 aromatic carbocycles. The number of likely N-dealkylation sites (tertiary alicyclic amines) is 1. The molecule has 20 heavy (non-hydrogen) atoms. The molecule has 6 heteroatoms. The second-order valence-electron chi connectivity index (χ2n) is 5.26. The van der Waals surface area contributed by atoms with E-state index in [0.717, 1.165) is 6.42 Å². The van der Waals surface area contributed by atoms with Gasteiger partial charge >= 0.3 is 0 Å². The summed E-state index contributed by atoms with van der Waals surface area (Å²) < 4.78 is 10.9. The van der Waals surface area contributed by atoms with Crippen LogP contribution in [-0.4, -0.2) is 49.1 Å². The highest BCUT2D eigenvalue weighted by atomic mass is 16.5. The van der Waals surface area contributed by atoms with Crippen molar-refractivity contribution in [2.75, 3.05) is 20.2 Å². The van der Waals surface area contributed by atoms with Crippen LogP contribution < -0.4 is 5.32 Å². The molecule has 2 saturated heterocycles. The van der Waals surface area contributed by atoms with Crippen molar-refractivity contribution in [3.63, 3.8) is 0 Å². The summed E-state index contributed by atoms with van der Waals surface area (Å²) in [7, 11) is 1.61. The van der Waals surface area contributed by atoms with Crippen LogP contribution in [0.1, 0.15) is 22.5 Å². The van der Waals surface area contributed by atoms with Crippen LogP contribution in [0, 0.1) is 12.8 Å². The fourth-order valence-corrected chi connectivity index (χ4v) is 3.18. The zero-order chi connectivity index (χ0) is 14.3. The number of nitrogens with zero attached hydrogens (tertiary/aromatic N) is 1. The van der Waals surface area contributed by atoms with E-state index in [1.165, 1.54) is 6.26 Å². The topological polar surface area (TPSA) is 71.8 Å². The third-order valence-corrected chi connectivity index (χ3v) is 4.23. The Morgan fingerprint density at radius 2 is 2.25 bits per heavy atom. The number of carbonyl (C=O) groups is 2. The predicted molar refractivity (Wildman–Crippen MR) is 70.2 cm³/mol. The molecule has 2 amide bonds. The van der Waals surface area contributed by atoms with Gasteiger partial charge in [0.25, 0.3) is 5.91 Å². The molecule has 3 heterocycles. The molecular weight excluding hydrogens is 260 g/mol. The Morgan fingerprint density at radius 1 is 1.45 bits per heavy atom. The Balaban J connectivity index is 1.85. The van der Waals surface area contributed by atoms with Crippen LogP contribution in [-0.2, 0) is 9.53 Å². The van der Waals surface area contributed by atoms with Gasteiger partial charge in [-0.25, -0.2) is 0 Å². The molecule has 0 spiro atoms. The van der Waals surface area contributed by atoms with Crippen LogP contribution in [0.5, 0.6) is 0 Å². The summed E-state index contributed by atoms with van der Waals surface area (Å²) in [6.07, 6.45) is 2.10. The van der Waals surface area contributed by atoms with Gasteiger partial charge in [0.1, 0.15) is 5.76 Å². The average Bonchev–Trinajstić information content (AvgIpc) is 3.12. The molecule has 3 atom stereocenters. The molecule has 0 saturated carbocycles. The standard InChI is InChI=1S/C14H18N2O4/c1-8-9(3-5-19-8)14(18)16-7-10(13(17)15-2)12-11(16)4-6-20-12/h3,5,10-12H,4,6-7H2,1-2H3,(H,15,17)/t10-,11+,12+/m0/s1. The highest BCUT2D eigenvalue weighted by molar-refractivity contribution is 5.96. The van der Waals surface area contributed by atoms with Gasteiger partial charge in [-0.3, -0.25) is 9.59 Å². The molecule has 1 aromatic rings. The van der Waals surface area contributed by atoms with Gasteiger partial charge in [-0.2, -0.15) is 0 Å². The maximum Gasteiger partial charge on any atom is 0.257 e. The Hall–Kier alpha value is -1.82. The zero-order valence-corrected chi connectivity index (χ0v) is 11.6. The Morgan fingerprint density at radius 3 is 2.90 bits per heavy atom. The van der Waals surface area contributed by atoms with Crippen molar-refractivity contribution >= 4 is 11.8 Å². The molecule has 6 nitrogen and oxygen atoms in total. The molecule has 108 valence electrons. The number of aryl methyl sites for hydroxylation is 1. The third-order valence-electron chi connectivity index (χ3n) is 4.23. The first-order valence-corrected chi connectivity index (χ1v) is 6.81. The summed E-state index contributed by atoms with van der Waals surface area (Å²) in [4.78, 5) is 26.3. The van der Waals surface area contributed by atoms with Crippen LogP contribution in [0.2, 0.25) is 0 Å². The SMILES string of the molecule is CNC(=O)[C@H]1CN(C(=O)c2ccoc2C)[C@@H]2CCO[C@H]12. The minimum Gasteiger partial charge on any atom is -0.469 e. The predicted octanol–water partition coefficient (Wildman–Crippen LogP) is 0.564. The lowest BCUT2D eigenvalue weighted by atomic mass is 10.0. The summed E-state index contributed by atoms with van der Waals surface area (Å²) in [5.41, 5.74) is 0.563. The number of fused-ring (bicyclic) bond motifs is 1. The highest BCUT2D eigenvalue weighted by Crippen LogP contribution is 2.34. The van der Waals surface area contributed by atoms with Gasteiger partial charge in [0.2, 0.25) is 5.91 Å². The summed E-state index contributed by atoms with van der Waals surface area (Å²) in [5, 5.41) is 2.65. The second kappa shape index (κ2) is 4.94. The van der Waals surface area contributed by atoms with Crippen molar-refractivity contribution in [2.24, 2.45) is 5.92 Å². The summed E-state index contributed by atoms with van der Waals surface area (Å²) in [6.45, 7) is 2.76. The molecule has 0 unspecified atom stereocenters. The Kier molecular flexibility index (Phi) is 3.25. The van der Waals surface area contributed by atoms with Gasteiger partial charge in [0.05, 0.1) is 29.9 Å². The highest BCUT2D eigenvalue weighted by Gasteiger charge is 2.50. The Labute approximate surface area is 117 Å². The van der Waals surface area contributed by atoms with Gasteiger partial charge in [-0.1, -0.05) is 0 Å². The Bertz CT molecular complexity index is 539. The number of nitrogens with one attached hydrogen (secondary N) is 1. The summed E-state index contributed by atoms with van der Waals surface area (Å²) >= 11 is 0. The van der Waals surface area contributed by atoms with Crippen molar-refractivity contribution in [1.29, 1.82) is 0 Å². The number of amides is 2. The lowest BCUT2D eigenvalue weighted by Crippen LogP contribution is -2.37. The van der Waals surface area contributed by atoms with Crippen molar-refractivity contribution in [3.8, 4) is 0 Å². The van der Waals surface area contributed by atoms with Gasteiger partial charge in [-0.15, -0.1) is 0 Å². The van der Waals surface area contributed by atoms with E-state index in [1.54, 1.807) is 24.9 Å². The van der Waals surface area contributed by atoms with Crippen LogP contribution in [0.4, 0.5) is 0 Å². The van der Waals surface area contributed by atoms with Gasteiger partial charge < -0.3 is 19.4 Å². The van der Waals surface area contributed by atoms with Crippen molar-refractivity contribution in [2.45, 2.75) is 25.5 Å². The first-order chi connectivity index (χ1) is 9.63. The van der Waals surface area contributed by atoms with Crippen LogP contribution in [0.3, 0.4) is 0 Å². The minimum absolute atomic E-state index is 0.0147. The molecule has 2 aliphatic rings. The van der Waals surface area contributed by atoms with Gasteiger partial charge in [-0.05, 0) is 19.4 Å². The van der Waals surface area contributed by atoms with Gasteiger partial charge in [0.15, 0.2) is 0 Å². The third kappa shape index (κ3) is 1.91. The van der Waals surface area contributed by atoms with Crippen LogP contribution in [0.15, 0.2) is 16.7 Å². The molecule has 0 radical (unpaired) electrons. The molecule has 2 aliphatic heterocycles. The average molecular weight is 278 g/mol. The van der Waals surface area contributed by atoms with E-state index in [4.69, 9.17) is 9.15 Å². The minimum atomic E-state index is -0.288. The maximum absolute atomic E-state index is 12.6. The quantitative estimate of drug-likeness (QED) is 0.858. The van der Waals surface area contributed by atoms with E-state index in [9.17, 15) is 9.59 Å². The monoisotopic (exact) mass is 278 g/mol. The first-order valence-electron chi connectivity index (χ1n) is 6.81. The number of furan rings is 1. The van der Waals surface area contributed by atoms with E-state index >= 15 is 0 Å². The van der Waals surface area contributed by atoms with E-state index in [2.05, 4.69) is 5.32 Å². The molecule has 2 fully saturated rings. The number of ether oxygens (including phenoxy) is 1. The van der Waals surface area contributed by atoms with E-state index in [-0.39, 0.29) is 29.9 Å². The first kappa shape index (κ1) is 13.2. The summed E-state index contributed by atoms with van der Waals surface area (Å²) in [5.74, 6) is 0.168. The van der Waals surface area contributed by atoms with Crippen LogP contribution in [0.25, 0.3) is 0 Å². The lowest BCUT2D eigenvalue weighted by Gasteiger charge is -2.22. The van der Waals surface area contributed by atoms with Crippen molar-refractivity contribution < 1.29 is 18.7 Å². The fourth-order valence-electron chi connectivity index (χ4n) is 3.18. The van der Waals surface area contributed by atoms with Crippen molar-refractivity contribution in [1.82, 2.24) is 10.2 Å². The molecule has 1 N–H and O–H groups in total. The van der Waals surface area contributed by atoms with Crippen LogP contribution >= 0.6 is 0 Å². The number of carbonyl (C=O) groups excluding carboxylic acids is 2. The number of hydrogen-bond acceptors (Lipinski definition) is 4. The van der Waals surface area contributed by atoms with Crippen molar-refractivity contribution in [3.05, 3.63) is 23.7 Å². The molecule has 0 bridgehead atoms. The summed E-state index contributed by atoms with van der Waals surface area (Å²) in [6, 6.07) is 1.66. The molecular formula is C14H18N2O4. The fraction of sp³-hybridized carbons (Fsp3) is 0.571. The van der Waals surface area contributed by atoms with E-state index < -0.39 is 0 Å². The van der Waals surface area contributed by atoms with E-state index in [1.807, 2.05) is 0 Å². The lowest BCUT2D eigenvalue weighted by molar-refractivity contribution is -0.127. The maximum atomic E-state index is 12.6. The number of hydrogen-bond donors (Lipinski definition) is 1. The van der Waals surface area contributed by atoms with E-state index in [0.29, 0.717) is 24.5 Å². The normalized spacial score (nSPS) is 28.5. The van der Waals surface area contributed by atoms with Gasteiger partial charge in [0, 0.05) is 20.2 Å². The smallest absolute Gasteiger partial charge is 0.257 e. The molecule has 3 rings (SSSR count). The number of rotatable bonds is 2. The zero-order valence-electron chi connectivity index (χ0n) is 11.6. The molecule has 0 aliphatic carbocycles.